The molecule has 0 atom stereocenters. The molecule has 0 aliphatic carbocycles. The Morgan fingerprint density at radius 2 is 1.93 bits per heavy atom. The van der Waals surface area contributed by atoms with Gasteiger partial charge in [-0.15, -0.1) is 0 Å². The minimum absolute atomic E-state index is 0.137. The summed E-state index contributed by atoms with van der Waals surface area (Å²) in [6.07, 6.45) is -2.72. The molecule has 0 saturated carbocycles. The molecule has 41 heavy (non-hydrogen) atoms. The van der Waals surface area contributed by atoms with Crippen LogP contribution in [0.5, 0.6) is 5.75 Å². The highest BCUT2D eigenvalue weighted by Crippen LogP contribution is 2.37. The minimum atomic E-state index is -5.08. The quantitative estimate of drug-likeness (QED) is 0.182. The molecule has 220 valence electrons. The van der Waals surface area contributed by atoms with E-state index in [-0.39, 0.29) is 11.8 Å². The number of hydrogen-bond donors (Lipinski definition) is 5. The van der Waals surface area contributed by atoms with Gasteiger partial charge in [-0.1, -0.05) is 12.1 Å². The first kappa shape index (κ1) is 30.6. The molecule has 0 aliphatic heterocycles. The van der Waals surface area contributed by atoms with Gasteiger partial charge in [0.15, 0.2) is 23.1 Å². The number of nitrogens with one attached hydrogen (secondary N) is 2. The molecule has 1 aromatic carbocycles. The lowest BCUT2D eigenvalue weighted by molar-refractivity contribution is -0.192. The van der Waals surface area contributed by atoms with Gasteiger partial charge >= 0.3 is 18.2 Å². The summed E-state index contributed by atoms with van der Waals surface area (Å²) in [4.78, 5) is 30.4. The summed E-state index contributed by atoms with van der Waals surface area (Å²) in [5.41, 5.74) is 15.3. The molecule has 0 radical (unpaired) electrons. The van der Waals surface area contributed by atoms with Crippen molar-refractivity contribution in [1.82, 2.24) is 30.2 Å². The predicted octanol–water partition coefficient (Wildman–Crippen LogP) is 3.25. The Labute approximate surface area is 230 Å². The number of fused-ring (bicyclic) bond motifs is 1. The van der Waals surface area contributed by atoms with Crippen LogP contribution in [0.25, 0.3) is 33.8 Å². The van der Waals surface area contributed by atoms with Crippen molar-refractivity contribution < 1.29 is 37.2 Å². The molecule has 0 aliphatic rings. The average molecular weight is 580 g/mol. The number of alkyl halides is 3. The first-order valence-corrected chi connectivity index (χ1v) is 12.3. The average Bonchev–Trinajstić information content (AvgIpc) is 3.52. The normalized spacial score (nSPS) is 11.1. The monoisotopic (exact) mass is 579 g/mol. The zero-order chi connectivity index (χ0) is 30.2. The topological polar surface area (TPSA) is 209 Å². The lowest BCUT2D eigenvalue weighted by Crippen LogP contribution is -2.28. The molecule has 0 spiro atoms. The molecule has 2 amide bonds. The van der Waals surface area contributed by atoms with Crippen molar-refractivity contribution in [2.24, 2.45) is 5.73 Å². The van der Waals surface area contributed by atoms with E-state index < -0.39 is 12.1 Å². The molecule has 0 unspecified atom stereocenters. The number of pyridine rings is 1. The maximum absolute atomic E-state index is 12.0. The molecule has 4 rings (SSSR count). The van der Waals surface area contributed by atoms with Crippen LogP contribution in [0.15, 0.2) is 35.1 Å². The van der Waals surface area contributed by atoms with Crippen LogP contribution >= 0.6 is 0 Å². The minimum Gasteiger partial charge on any atom is -0.490 e. The number of rotatable bonds is 9. The smallest absolute Gasteiger partial charge is 0.490 e. The molecule has 4 aromatic rings. The van der Waals surface area contributed by atoms with Gasteiger partial charge in [0.05, 0.1) is 18.5 Å². The number of imidazole rings is 1. The van der Waals surface area contributed by atoms with Crippen molar-refractivity contribution in [3.05, 3.63) is 30.5 Å². The fourth-order valence-electron chi connectivity index (χ4n) is 3.61. The Morgan fingerprint density at radius 3 is 2.51 bits per heavy atom. The number of aliphatic carboxylic acids is 1. The summed E-state index contributed by atoms with van der Waals surface area (Å²) in [6.45, 7) is 5.88. The Bertz CT molecular complexity index is 1500. The number of hydrogen-bond acceptors (Lipinski definition) is 10. The lowest BCUT2D eigenvalue weighted by atomic mass is 10.1. The molecule has 7 N–H and O–H groups in total. The largest absolute Gasteiger partial charge is 0.490 e. The Hall–Kier alpha value is -4.93. The summed E-state index contributed by atoms with van der Waals surface area (Å²) in [5, 5.41) is 20.3. The highest BCUT2D eigenvalue weighted by atomic mass is 19.4. The third-order valence-electron chi connectivity index (χ3n) is 5.36. The van der Waals surface area contributed by atoms with Crippen molar-refractivity contribution in [3.63, 3.8) is 0 Å². The zero-order valence-electron chi connectivity index (χ0n) is 22.0. The second kappa shape index (κ2) is 13.4. The number of carbonyl (C=O) groups is 2. The summed E-state index contributed by atoms with van der Waals surface area (Å²) in [7, 11) is 0. The Kier molecular flexibility index (Phi) is 10.0. The van der Waals surface area contributed by atoms with Crippen LogP contribution in [0.2, 0.25) is 0 Å². The van der Waals surface area contributed by atoms with E-state index in [1.54, 1.807) is 12.3 Å². The molecule has 0 fully saturated rings. The number of benzene rings is 1. The van der Waals surface area contributed by atoms with Crippen molar-refractivity contribution in [3.8, 4) is 28.5 Å². The number of anilines is 2. The van der Waals surface area contributed by atoms with Gasteiger partial charge in [-0.25, -0.2) is 24.2 Å². The van der Waals surface area contributed by atoms with Crippen molar-refractivity contribution in [2.75, 3.05) is 30.7 Å². The van der Waals surface area contributed by atoms with Crippen molar-refractivity contribution >= 4 is 34.5 Å². The predicted molar refractivity (Wildman–Crippen MR) is 142 cm³/mol. The number of carboxylic acids is 1. The number of carbonyl (C=O) groups excluding carboxylic acids is 1. The second-order valence-electron chi connectivity index (χ2n) is 8.20. The van der Waals surface area contributed by atoms with Gasteiger partial charge in [-0.2, -0.15) is 13.2 Å². The van der Waals surface area contributed by atoms with Crippen molar-refractivity contribution in [2.45, 2.75) is 33.0 Å². The summed E-state index contributed by atoms with van der Waals surface area (Å²) in [5.74, 6) is -1.56. The first-order valence-electron chi connectivity index (χ1n) is 12.3. The standard InChI is InChI=1S/C22H27N9O3.C2HF3O2/c1-3-25-22(32)27-14-8-5-7-13(11-14)16-17-19(15(12-26-16)33-10-6-9-23)31(4-2)21(28-17)18-20(24)30-34-29-18;3-2(4,5)1(6)7/h5,7-8,11-12H,3-4,6,9-10,23H2,1-2H3,(H2,24,30)(H2,25,27,32);(H,6,7). The Morgan fingerprint density at radius 1 is 1.20 bits per heavy atom. The molecule has 0 saturated heterocycles. The van der Waals surface area contributed by atoms with Gasteiger partial charge in [-0.05, 0) is 49.3 Å². The summed E-state index contributed by atoms with van der Waals surface area (Å²) < 4.78 is 44.5. The van der Waals surface area contributed by atoms with Crippen LogP contribution in [0.1, 0.15) is 20.3 Å². The number of aromatic nitrogens is 5. The van der Waals surface area contributed by atoms with Gasteiger partial charge < -0.3 is 36.5 Å². The van der Waals surface area contributed by atoms with E-state index in [4.69, 9.17) is 35.7 Å². The maximum Gasteiger partial charge on any atom is 0.490 e. The van der Waals surface area contributed by atoms with E-state index in [0.717, 1.165) is 11.1 Å². The molecular formula is C24H28F3N9O5. The number of urea groups is 1. The zero-order valence-corrected chi connectivity index (χ0v) is 22.0. The van der Waals surface area contributed by atoms with Crippen LogP contribution in [-0.4, -0.2) is 67.8 Å². The molecule has 0 bridgehead atoms. The number of nitrogens with zero attached hydrogens (tertiary/aromatic N) is 5. The van der Waals surface area contributed by atoms with E-state index in [9.17, 15) is 18.0 Å². The molecular weight excluding hydrogens is 551 g/mol. The van der Waals surface area contributed by atoms with Crippen molar-refractivity contribution in [1.29, 1.82) is 0 Å². The fourth-order valence-corrected chi connectivity index (χ4v) is 3.61. The molecule has 17 heteroatoms. The number of amides is 2. The highest BCUT2D eigenvalue weighted by molar-refractivity contribution is 5.97. The van der Waals surface area contributed by atoms with Crippen LogP contribution in [-0.2, 0) is 11.3 Å². The lowest BCUT2D eigenvalue weighted by Gasteiger charge is -2.12. The van der Waals surface area contributed by atoms with Gasteiger partial charge in [0.2, 0.25) is 0 Å². The number of aryl methyl sites for hydroxylation is 1. The maximum atomic E-state index is 12.0. The van der Waals surface area contributed by atoms with Gasteiger partial charge in [0, 0.05) is 24.3 Å². The number of ether oxygens (including phenoxy) is 1. The van der Waals surface area contributed by atoms with Gasteiger partial charge in [0.25, 0.3) is 0 Å². The summed E-state index contributed by atoms with van der Waals surface area (Å²) in [6, 6.07) is 7.09. The van der Waals surface area contributed by atoms with Crippen LogP contribution in [0.3, 0.4) is 0 Å². The second-order valence-corrected chi connectivity index (χ2v) is 8.20. The molecule has 14 nitrogen and oxygen atoms in total. The van der Waals surface area contributed by atoms with E-state index >= 15 is 0 Å². The van der Waals surface area contributed by atoms with E-state index in [2.05, 4.69) is 25.9 Å². The number of nitrogens with two attached hydrogens (primary N) is 2. The van der Waals surface area contributed by atoms with Gasteiger partial charge in [0.1, 0.15) is 11.0 Å². The highest BCUT2D eigenvalue weighted by Gasteiger charge is 2.38. The van der Waals surface area contributed by atoms with Gasteiger partial charge in [-0.3, -0.25) is 0 Å². The molecule has 3 aromatic heterocycles. The van der Waals surface area contributed by atoms with Crippen LogP contribution in [0.4, 0.5) is 29.5 Å². The third kappa shape index (κ3) is 7.38. The number of carboxylic acid groups (broad SMARTS) is 1. The number of halogens is 3. The van der Waals surface area contributed by atoms with Crippen LogP contribution in [0, 0.1) is 0 Å². The van der Waals surface area contributed by atoms with E-state index in [0.29, 0.717) is 66.8 Å². The van der Waals surface area contributed by atoms with E-state index in [1.165, 1.54) is 0 Å². The molecule has 3 heterocycles. The number of nitrogen functional groups attached to an aromatic ring is 1. The SMILES string of the molecule is CCNC(=O)Nc1cccc(-c2ncc(OCCCN)c3c2nc(-c2nonc2N)n3CC)c1.O=C(O)C(F)(F)F. The first-order chi connectivity index (χ1) is 19.5. The third-order valence-corrected chi connectivity index (χ3v) is 5.36. The summed E-state index contributed by atoms with van der Waals surface area (Å²) >= 11 is 0. The Balaban J connectivity index is 0.000000587. The van der Waals surface area contributed by atoms with Crippen LogP contribution < -0.4 is 26.8 Å². The fraction of sp³-hybridized carbons (Fsp3) is 0.333. The van der Waals surface area contributed by atoms with E-state index in [1.807, 2.05) is 36.6 Å².